The summed E-state index contributed by atoms with van der Waals surface area (Å²) in [6.07, 6.45) is 0. The lowest BCUT2D eigenvalue weighted by atomic mass is 10.1. The van der Waals surface area contributed by atoms with Crippen LogP contribution in [0, 0.1) is 20.8 Å². The van der Waals surface area contributed by atoms with Gasteiger partial charge in [-0.15, -0.1) is 11.3 Å². The molecule has 2 nitrogen and oxygen atoms in total. The second-order valence-corrected chi connectivity index (χ2v) is 6.71. The van der Waals surface area contributed by atoms with Crippen molar-refractivity contribution in [1.82, 2.24) is 4.57 Å². The maximum Gasteiger partial charge on any atom is 0.190 e. The summed E-state index contributed by atoms with van der Waals surface area (Å²) in [6.45, 7) is 9.50. The smallest absolute Gasteiger partial charge is 0.190 e. The highest BCUT2D eigenvalue weighted by Gasteiger charge is 2.08. The molecule has 0 saturated heterocycles. The number of halogens is 1. The second-order valence-electron chi connectivity index (χ2n) is 5.87. The minimum absolute atomic E-state index is 0. The van der Waals surface area contributed by atoms with E-state index in [2.05, 4.69) is 80.1 Å². The predicted molar refractivity (Wildman–Crippen MR) is 99.3 cm³/mol. The van der Waals surface area contributed by atoms with Crippen molar-refractivity contribution < 1.29 is 17.0 Å². The van der Waals surface area contributed by atoms with Crippen LogP contribution in [0.3, 0.4) is 0 Å². The van der Waals surface area contributed by atoms with Gasteiger partial charge in [0.05, 0.1) is 11.4 Å². The van der Waals surface area contributed by atoms with Gasteiger partial charge < -0.3 is 21.5 Å². The summed E-state index contributed by atoms with van der Waals surface area (Å²) in [7, 11) is 0. The zero-order valence-electron chi connectivity index (χ0n) is 14.5. The molecule has 1 heterocycles. The minimum Gasteiger partial charge on any atom is -1.00 e. The second kappa shape index (κ2) is 7.95. The van der Waals surface area contributed by atoms with Gasteiger partial charge in [-0.3, -0.25) is 0 Å². The average Bonchev–Trinajstić information content (AvgIpc) is 2.94. The van der Waals surface area contributed by atoms with Crippen molar-refractivity contribution in [3.8, 4) is 11.3 Å². The number of hydrogen-bond acceptors (Lipinski definition) is 2. The first kappa shape index (κ1) is 18.7. The molecular formula is C20H22BrN2S-. The molecule has 1 aromatic heterocycles. The molecule has 24 heavy (non-hydrogen) atoms. The van der Waals surface area contributed by atoms with Crippen LogP contribution < -0.4 is 21.8 Å². The molecule has 0 unspecified atom stereocenters. The van der Waals surface area contributed by atoms with Crippen LogP contribution in [-0.2, 0) is 6.54 Å². The van der Waals surface area contributed by atoms with Gasteiger partial charge in [0.2, 0.25) is 0 Å². The van der Waals surface area contributed by atoms with Gasteiger partial charge in [-0.1, -0.05) is 48.0 Å². The Morgan fingerprint density at radius 3 is 2.21 bits per heavy atom. The van der Waals surface area contributed by atoms with Crippen molar-refractivity contribution in [2.45, 2.75) is 34.2 Å². The number of rotatable bonds is 3. The fourth-order valence-corrected chi connectivity index (χ4v) is 3.99. The lowest BCUT2D eigenvalue weighted by Crippen LogP contribution is -3.00. The summed E-state index contributed by atoms with van der Waals surface area (Å²) in [5, 5.41) is 2.20. The van der Waals surface area contributed by atoms with E-state index in [0.29, 0.717) is 0 Å². The van der Waals surface area contributed by atoms with Crippen molar-refractivity contribution in [3.63, 3.8) is 0 Å². The Kier molecular flexibility index (Phi) is 6.19. The van der Waals surface area contributed by atoms with Gasteiger partial charge in [0.1, 0.15) is 0 Å². The lowest BCUT2D eigenvalue weighted by Gasteiger charge is -2.08. The molecule has 2 aromatic carbocycles. The Morgan fingerprint density at radius 1 is 1.00 bits per heavy atom. The first-order chi connectivity index (χ1) is 11.1. The molecule has 3 rings (SSSR count). The summed E-state index contributed by atoms with van der Waals surface area (Å²) in [6, 6.07) is 14.9. The van der Waals surface area contributed by atoms with Gasteiger partial charge in [0.15, 0.2) is 4.80 Å². The summed E-state index contributed by atoms with van der Waals surface area (Å²) in [5.41, 5.74) is 7.33. The largest absolute Gasteiger partial charge is 1.00 e. The van der Waals surface area contributed by atoms with Crippen molar-refractivity contribution >= 4 is 17.0 Å². The van der Waals surface area contributed by atoms with E-state index >= 15 is 0 Å². The van der Waals surface area contributed by atoms with Crippen molar-refractivity contribution in [2.75, 3.05) is 0 Å². The molecule has 126 valence electrons. The quantitative estimate of drug-likeness (QED) is 0.640. The Morgan fingerprint density at radius 2 is 1.62 bits per heavy atom. The van der Waals surface area contributed by atoms with Crippen LogP contribution in [-0.4, -0.2) is 4.57 Å². The number of aryl methyl sites for hydroxylation is 3. The molecule has 0 amide bonds. The zero-order valence-corrected chi connectivity index (χ0v) is 16.9. The molecule has 3 aromatic rings. The average molecular weight is 402 g/mol. The van der Waals surface area contributed by atoms with E-state index in [0.717, 1.165) is 17.0 Å². The summed E-state index contributed by atoms with van der Waals surface area (Å²) < 4.78 is 2.29. The Bertz CT molecular complexity index is 868. The van der Waals surface area contributed by atoms with Gasteiger partial charge in [0.25, 0.3) is 0 Å². The van der Waals surface area contributed by atoms with Crippen molar-refractivity contribution in [1.29, 1.82) is 0 Å². The molecule has 0 radical (unpaired) electrons. The molecule has 0 bridgehead atoms. The molecule has 0 atom stereocenters. The van der Waals surface area contributed by atoms with Gasteiger partial charge in [-0.2, -0.15) is 0 Å². The predicted octanol–water partition coefficient (Wildman–Crippen LogP) is 2.40. The van der Waals surface area contributed by atoms with Crippen LogP contribution in [0.5, 0.6) is 0 Å². The third kappa shape index (κ3) is 3.70. The highest BCUT2D eigenvalue weighted by molar-refractivity contribution is 7.07. The maximum atomic E-state index is 4.98. The van der Waals surface area contributed by atoms with E-state index in [1.807, 2.05) is 0 Å². The topological polar surface area (TPSA) is 17.3 Å². The van der Waals surface area contributed by atoms with E-state index < -0.39 is 0 Å². The highest BCUT2D eigenvalue weighted by atomic mass is 79.9. The summed E-state index contributed by atoms with van der Waals surface area (Å²) in [5.74, 6) is 0. The fourth-order valence-electron chi connectivity index (χ4n) is 3.01. The van der Waals surface area contributed by atoms with Gasteiger partial charge in [-0.25, -0.2) is 4.99 Å². The fraction of sp³-hybridized carbons (Fsp3) is 0.250. The molecular weight excluding hydrogens is 380 g/mol. The third-order valence-corrected chi connectivity index (χ3v) is 4.89. The number of aromatic nitrogens is 1. The lowest BCUT2D eigenvalue weighted by molar-refractivity contribution is -0.00000486. The summed E-state index contributed by atoms with van der Waals surface area (Å²) in [4.78, 5) is 6.04. The van der Waals surface area contributed by atoms with Crippen LogP contribution in [0.2, 0.25) is 0 Å². The number of hydrogen-bond donors (Lipinski definition) is 0. The molecule has 4 heteroatoms. The Balaban J connectivity index is 0.00000208. The Labute approximate surface area is 158 Å². The van der Waals surface area contributed by atoms with Crippen LogP contribution in [0.1, 0.15) is 23.6 Å². The Hall–Kier alpha value is -1.65. The van der Waals surface area contributed by atoms with Crippen molar-refractivity contribution in [2.24, 2.45) is 4.99 Å². The molecule has 0 fully saturated rings. The van der Waals surface area contributed by atoms with E-state index in [1.165, 1.54) is 27.9 Å². The highest BCUT2D eigenvalue weighted by Crippen LogP contribution is 2.25. The minimum atomic E-state index is 0. The van der Waals surface area contributed by atoms with E-state index in [1.54, 1.807) is 11.3 Å². The van der Waals surface area contributed by atoms with Gasteiger partial charge >= 0.3 is 0 Å². The van der Waals surface area contributed by atoms with Crippen LogP contribution in [0.15, 0.2) is 52.8 Å². The van der Waals surface area contributed by atoms with Gasteiger partial charge in [-0.05, 0) is 44.4 Å². The third-order valence-electron chi connectivity index (χ3n) is 4.03. The summed E-state index contributed by atoms with van der Waals surface area (Å²) >= 11 is 1.71. The van der Waals surface area contributed by atoms with E-state index in [4.69, 9.17) is 4.99 Å². The molecule has 0 aliphatic rings. The van der Waals surface area contributed by atoms with Crippen LogP contribution in [0.4, 0.5) is 5.69 Å². The number of nitrogens with zero attached hydrogens (tertiary/aromatic N) is 2. The van der Waals surface area contributed by atoms with Crippen molar-refractivity contribution in [3.05, 3.63) is 69.3 Å². The van der Waals surface area contributed by atoms with Crippen LogP contribution >= 0.6 is 11.3 Å². The SMILES string of the molecule is CCn1c(-c2ccccc2)csc1=Nc1c(C)cc(C)cc1C.[Br-]. The maximum absolute atomic E-state index is 4.98. The molecule has 0 saturated carbocycles. The number of thiazole rings is 1. The first-order valence-corrected chi connectivity index (χ1v) is 8.84. The molecule has 0 spiro atoms. The first-order valence-electron chi connectivity index (χ1n) is 7.96. The van der Waals surface area contributed by atoms with E-state index in [-0.39, 0.29) is 17.0 Å². The zero-order chi connectivity index (χ0) is 16.4. The van der Waals surface area contributed by atoms with E-state index in [9.17, 15) is 0 Å². The monoisotopic (exact) mass is 401 g/mol. The van der Waals surface area contributed by atoms with Gasteiger partial charge in [0, 0.05) is 11.9 Å². The van der Waals surface area contributed by atoms with Crippen LogP contribution in [0.25, 0.3) is 11.3 Å². The normalized spacial score (nSPS) is 11.4. The standard InChI is InChI=1S/C20H22N2S.BrH/c1-5-22-18(17-9-7-6-8-10-17)13-23-20(22)21-19-15(3)11-14(2)12-16(19)4;/h6-13H,5H2,1-4H3;1H/p-1. The molecule has 0 aliphatic carbocycles. The molecule has 0 aliphatic heterocycles. The molecule has 0 N–H and O–H groups in total. The number of benzene rings is 2.